The first-order chi connectivity index (χ1) is 16.7. The number of hydrogen-bond acceptors (Lipinski definition) is 6. The third-order valence-corrected chi connectivity index (χ3v) is 5.48. The van der Waals surface area contributed by atoms with Crippen LogP contribution in [0.1, 0.15) is 58.7 Å². The average Bonchev–Trinajstić information content (AvgIpc) is 3.09. The summed E-state index contributed by atoms with van der Waals surface area (Å²) in [6.07, 6.45) is 0. The van der Waals surface area contributed by atoms with Gasteiger partial charge in [-0.15, -0.1) is 0 Å². The highest BCUT2D eigenvalue weighted by molar-refractivity contribution is 6.35. The van der Waals surface area contributed by atoms with E-state index in [1.807, 2.05) is 0 Å². The molecule has 176 valence electrons. The van der Waals surface area contributed by atoms with E-state index in [4.69, 9.17) is 16.3 Å². The number of fused-ring (bicyclic) bond motifs is 1. The number of anilines is 2. The number of rotatable bonds is 6. The zero-order chi connectivity index (χ0) is 25.3. The predicted molar refractivity (Wildman–Crippen MR) is 126 cm³/mol. The Morgan fingerprint density at radius 2 is 1.57 bits per heavy atom. The second-order valence-corrected chi connectivity index (χ2v) is 7.86. The first-order valence-electron chi connectivity index (χ1n) is 10.4. The molecule has 0 saturated heterocycles. The number of carbonyl (C=O) groups excluding carboxylic acids is 4. The number of esters is 1. The van der Waals surface area contributed by atoms with Crippen LogP contribution in [0.15, 0.2) is 60.7 Å². The van der Waals surface area contributed by atoms with Crippen LogP contribution in [-0.4, -0.2) is 41.4 Å². The molecular weight excluding hydrogens is 476 g/mol. The summed E-state index contributed by atoms with van der Waals surface area (Å²) in [5.74, 6) is -3.69. The zero-order valence-corrected chi connectivity index (χ0v) is 19.0. The molecule has 0 radical (unpaired) electrons. The minimum absolute atomic E-state index is 0.0201. The second-order valence-electron chi connectivity index (χ2n) is 7.42. The van der Waals surface area contributed by atoms with E-state index in [1.54, 1.807) is 6.92 Å². The van der Waals surface area contributed by atoms with Crippen molar-refractivity contribution in [3.63, 3.8) is 0 Å². The van der Waals surface area contributed by atoms with Crippen molar-refractivity contribution in [2.75, 3.05) is 16.8 Å². The molecule has 10 heteroatoms. The van der Waals surface area contributed by atoms with Gasteiger partial charge in [-0.1, -0.05) is 11.6 Å². The van der Waals surface area contributed by atoms with Crippen molar-refractivity contribution in [2.45, 2.75) is 6.92 Å². The normalized spacial score (nSPS) is 12.3. The number of nitrogens with zero attached hydrogens (tertiary/aromatic N) is 1. The quantitative estimate of drug-likeness (QED) is 0.388. The van der Waals surface area contributed by atoms with E-state index in [-0.39, 0.29) is 50.8 Å². The fourth-order valence-electron chi connectivity index (χ4n) is 3.57. The molecule has 3 amide bonds. The molecule has 2 N–H and O–H groups in total. The maximum absolute atomic E-state index is 13.0. The molecule has 0 unspecified atom stereocenters. The summed E-state index contributed by atoms with van der Waals surface area (Å²) in [4.78, 5) is 63.0. The second kappa shape index (κ2) is 9.40. The molecule has 0 aromatic heterocycles. The van der Waals surface area contributed by atoms with Gasteiger partial charge in [0.2, 0.25) is 0 Å². The number of aromatic carboxylic acids is 1. The van der Waals surface area contributed by atoms with Crippen LogP contribution < -0.4 is 10.2 Å². The van der Waals surface area contributed by atoms with E-state index in [1.165, 1.54) is 60.7 Å². The number of halogens is 1. The van der Waals surface area contributed by atoms with Crippen LogP contribution in [0, 0.1) is 0 Å². The van der Waals surface area contributed by atoms with Gasteiger partial charge in [-0.2, -0.15) is 0 Å². The number of nitrogens with one attached hydrogen (secondary N) is 1. The maximum Gasteiger partial charge on any atom is 0.338 e. The molecule has 3 aromatic carbocycles. The number of hydrogen-bond donors (Lipinski definition) is 2. The van der Waals surface area contributed by atoms with Crippen molar-refractivity contribution in [1.82, 2.24) is 0 Å². The lowest BCUT2D eigenvalue weighted by Gasteiger charge is -2.14. The molecule has 0 aliphatic carbocycles. The topological polar surface area (TPSA) is 130 Å². The summed E-state index contributed by atoms with van der Waals surface area (Å²) >= 11 is 5.84. The number of carboxylic acid groups (broad SMARTS) is 1. The number of carbonyl (C=O) groups is 5. The molecule has 3 aromatic rings. The Morgan fingerprint density at radius 1 is 0.914 bits per heavy atom. The van der Waals surface area contributed by atoms with E-state index in [0.29, 0.717) is 0 Å². The van der Waals surface area contributed by atoms with Gasteiger partial charge in [0, 0.05) is 10.6 Å². The van der Waals surface area contributed by atoms with E-state index in [2.05, 4.69) is 5.32 Å². The summed E-state index contributed by atoms with van der Waals surface area (Å²) < 4.78 is 4.93. The molecular formula is C25H17ClN2O7. The van der Waals surface area contributed by atoms with Crippen molar-refractivity contribution >= 4 is 52.6 Å². The third-order valence-electron chi connectivity index (χ3n) is 5.25. The van der Waals surface area contributed by atoms with Gasteiger partial charge >= 0.3 is 11.9 Å². The number of amides is 3. The number of carboxylic acids is 1. The Balaban J connectivity index is 1.59. The molecule has 1 aliphatic rings. The summed E-state index contributed by atoms with van der Waals surface area (Å²) in [5.41, 5.74) is 0.534. The standard InChI is InChI=1S/C25H17ClN2O7/c1-2-35-25(34)13-3-7-16(8-4-13)28-22(30)17-9-5-14(11-18(17)23(28)31)21(29)27-20-10-6-15(26)12-19(20)24(32)33/h3-12H,2H2,1H3,(H,27,29)(H,32,33). The molecule has 9 nitrogen and oxygen atoms in total. The Kier molecular flexibility index (Phi) is 6.35. The van der Waals surface area contributed by atoms with Gasteiger partial charge in [0.05, 0.1) is 40.2 Å². The molecule has 0 bridgehead atoms. The van der Waals surface area contributed by atoms with Crippen LogP contribution in [0.3, 0.4) is 0 Å². The zero-order valence-electron chi connectivity index (χ0n) is 18.2. The molecule has 4 rings (SSSR count). The van der Waals surface area contributed by atoms with Gasteiger partial charge in [-0.05, 0) is 67.6 Å². The lowest BCUT2D eigenvalue weighted by atomic mass is 10.0. The molecule has 0 atom stereocenters. The van der Waals surface area contributed by atoms with Crippen LogP contribution in [0.25, 0.3) is 0 Å². The predicted octanol–water partition coefficient (Wildman–Crippen LogP) is 4.27. The number of benzene rings is 3. The van der Waals surface area contributed by atoms with E-state index in [9.17, 15) is 29.1 Å². The smallest absolute Gasteiger partial charge is 0.338 e. The summed E-state index contributed by atoms with van der Waals surface area (Å²) in [5, 5.41) is 12.0. The van der Waals surface area contributed by atoms with E-state index >= 15 is 0 Å². The van der Waals surface area contributed by atoms with Gasteiger partial charge < -0.3 is 15.2 Å². The third kappa shape index (κ3) is 4.49. The van der Waals surface area contributed by atoms with Gasteiger partial charge in [0.1, 0.15) is 0 Å². The lowest BCUT2D eigenvalue weighted by Crippen LogP contribution is -2.29. The largest absolute Gasteiger partial charge is 0.478 e. The van der Waals surface area contributed by atoms with Crippen LogP contribution in [0.5, 0.6) is 0 Å². The highest BCUT2D eigenvalue weighted by Crippen LogP contribution is 2.30. The average molecular weight is 493 g/mol. The Labute approximate surface area is 203 Å². The van der Waals surface area contributed by atoms with E-state index in [0.717, 1.165) is 4.90 Å². The highest BCUT2D eigenvalue weighted by Gasteiger charge is 2.37. The molecule has 0 fully saturated rings. The van der Waals surface area contributed by atoms with Crippen LogP contribution in [0.2, 0.25) is 5.02 Å². The first-order valence-corrected chi connectivity index (χ1v) is 10.7. The number of imide groups is 1. The molecule has 0 spiro atoms. The first kappa shape index (κ1) is 23.7. The Morgan fingerprint density at radius 3 is 2.23 bits per heavy atom. The van der Waals surface area contributed by atoms with Crippen molar-refractivity contribution in [2.24, 2.45) is 0 Å². The fourth-order valence-corrected chi connectivity index (χ4v) is 3.75. The highest BCUT2D eigenvalue weighted by atomic mass is 35.5. The van der Waals surface area contributed by atoms with Crippen LogP contribution >= 0.6 is 11.6 Å². The van der Waals surface area contributed by atoms with Gasteiger partial charge in [0.15, 0.2) is 0 Å². The van der Waals surface area contributed by atoms with Gasteiger partial charge in [-0.25, -0.2) is 14.5 Å². The number of ether oxygens (including phenoxy) is 1. The monoisotopic (exact) mass is 492 g/mol. The van der Waals surface area contributed by atoms with Crippen LogP contribution in [0.4, 0.5) is 11.4 Å². The SMILES string of the molecule is CCOC(=O)c1ccc(N2C(=O)c3ccc(C(=O)Nc4ccc(Cl)cc4C(=O)O)cc3C2=O)cc1. The maximum atomic E-state index is 13.0. The minimum atomic E-state index is -1.28. The van der Waals surface area contributed by atoms with Crippen molar-refractivity contribution in [3.05, 3.63) is 93.5 Å². The Bertz CT molecular complexity index is 1400. The molecule has 35 heavy (non-hydrogen) atoms. The van der Waals surface area contributed by atoms with Gasteiger partial charge in [0.25, 0.3) is 17.7 Å². The molecule has 0 saturated carbocycles. The molecule has 1 aliphatic heterocycles. The van der Waals surface area contributed by atoms with Crippen LogP contribution in [-0.2, 0) is 4.74 Å². The van der Waals surface area contributed by atoms with Crippen molar-refractivity contribution < 1.29 is 33.8 Å². The van der Waals surface area contributed by atoms with Crippen molar-refractivity contribution in [3.8, 4) is 0 Å². The summed E-state index contributed by atoms with van der Waals surface area (Å²) in [6.45, 7) is 1.89. The summed E-state index contributed by atoms with van der Waals surface area (Å²) in [7, 11) is 0. The van der Waals surface area contributed by atoms with Crippen molar-refractivity contribution in [1.29, 1.82) is 0 Å². The lowest BCUT2D eigenvalue weighted by molar-refractivity contribution is 0.0525. The minimum Gasteiger partial charge on any atom is -0.478 e. The summed E-state index contributed by atoms with van der Waals surface area (Å²) in [6, 6.07) is 13.8. The fraction of sp³-hybridized carbons (Fsp3) is 0.0800. The Hall–Kier alpha value is -4.50. The molecule has 1 heterocycles. The van der Waals surface area contributed by atoms with E-state index < -0.39 is 29.7 Å². The van der Waals surface area contributed by atoms with Gasteiger partial charge in [-0.3, -0.25) is 14.4 Å².